The monoisotopic (exact) mass is 408 g/mol. The average molecular weight is 408 g/mol. The maximum Gasteiger partial charge on any atom is 0.342 e. The van der Waals surface area contributed by atoms with Crippen LogP contribution in [0.15, 0.2) is 11.6 Å². The summed E-state index contributed by atoms with van der Waals surface area (Å²) < 4.78 is 27.0. The van der Waals surface area contributed by atoms with Gasteiger partial charge in [0.15, 0.2) is 6.79 Å². The van der Waals surface area contributed by atoms with Crippen LogP contribution in [0.25, 0.3) is 0 Å². The zero-order valence-corrected chi connectivity index (χ0v) is 17.3. The van der Waals surface area contributed by atoms with E-state index in [0.29, 0.717) is 48.7 Å². The SMILES string of the molecule is COCCOCOc1c(C/C=C(\C)CCC(=O)O)c(OC)c(C)c2c1C(=O)OC2. The molecule has 8 nitrogen and oxygen atoms in total. The van der Waals surface area contributed by atoms with Crippen LogP contribution in [-0.2, 0) is 32.0 Å². The largest absolute Gasteiger partial charge is 0.496 e. The van der Waals surface area contributed by atoms with E-state index in [1.54, 1.807) is 14.2 Å². The fourth-order valence-electron chi connectivity index (χ4n) is 3.15. The Morgan fingerprint density at radius 2 is 1.97 bits per heavy atom. The van der Waals surface area contributed by atoms with E-state index in [1.165, 1.54) is 0 Å². The van der Waals surface area contributed by atoms with Crippen LogP contribution in [0.1, 0.15) is 46.8 Å². The van der Waals surface area contributed by atoms with Gasteiger partial charge in [-0.2, -0.15) is 0 Å². The Labute approximate surface area is 170 Å². The van der Waals surface area contributed by atoms with Crippen LogP contribution in [0.4, 0.5) is 0 Å². The van der Waals surface area contributed by atoms with E-state index in [9.17, 15) is 9.59 Å². The molecule has 0 aromatic heterocycles. The Morgan fingerprint density at radius 1 is 1.21 bits per heavy atom. The second-order valence-electron chi connectivity index (χ2n) is 6.71. The molecule has 1 N–H and O–H groups in total. The summed E-state index contributed by atoms with van der Waals surface area (Å²) in [5, 5.41) is 8.86. The standard InChI is InChI=1S/C21H28O8/c1-13(6-8-17(22)23)5-7-15-19(26-4)14(2)16-11-28-21(24)18(16)20(15)29-12-27-10-9-25-3/h5H,6-12H2,1-4H3,(H,22,23)/b13-5+. The Kier molecular flexibility index (Phi) is 8.48. The summed E-state index contributed by atoms with van der Waals surface area (Å²) in [5.74, 6) is -0.282. The molecule has 1 aromatic rings. The van der Waals surface area contributed by atoms with Crippen molar-refractivity contribution in [1.29, 1.82) is 0 Å². The maximum atomic E-state index is 12.4. The maximum absolute atomic E-state index is 12.4. The molecule has 1 aliphatic rings. The van der Waals surface area contributed by atoms with E-state index >= 15 is 0 Å². The van der Waals surface area contributed by atoms with Crippen molar-refractivity contribution in [2.24, 2.45) is 0 Å². The zero-order valence-electron chi connectivity index (χ0n) is 17.3. The lowest BCUT2D eigenvalue weighted by molar-refractivity contribution is -0.136. The van der Waals surface area contributed by atoms with Gasteiger partial charge < -0.3 is 28.8 Å². The third-order valence-electron chi connectivity index (χ3n) is 4.73. The highest BCUT2D eigenvalue weighted by Crippen LogP contribution is 2.42. The third-order valence-corrected chi connectivity index (χ3v) is 4.73. The van der Waals surface area contributed by atoms with E-state index in [-0.39, 0.29) is 19.8 Å². The number of carbonyl (C=O) groups is 2. The minimum absolute atomic E-state index is 0.0516. The minimum atomic E-state index is -0.844. The number of rotatable bonds is 12. The zero-order chi connectivity index (χ0) is 21.4. The van der Waals surface area contributed by atoms with Crippen molar-refractivity contribution in [2.75, 3.05) is 34.2 Å². The summed E-state index contributed by atoms with van der Waals surface area (Å²) in [6.07, 6.45) is 2.85. The van der Waals surface area contributed by atoms with Gasteiger partial charge in [-0.15, -0.1) is 0 Å². The molecular weight excluding hydrogens is 380 g/mol. The number of ether oxygens (including phenoxy) is 5. The summed E-state index contributed by atoms with van der Waals surface area (Å²) in [6.45, 7) is 4.66. The van der Waals surface area contributed by atoms with Gasteiger partial charge in [0.05, 0.1) is 20.3 Å². The number of hydrogen-bond donors (Lipinski definition) is 1. The Bertz CT molecular complexity index is 782. The average Bonchev–Trinajstić information content (AvgIpc) is 3.08. The van der Waals surface area contributed by atoms with E-state index in [4.69, 9.17) is 28.8 Å². The van der Waals surface area contributed by atoms with Gasteiger partial charge in [0.25, 0.3) is 0 Å². The van der Waals surface area contributed by atoms with Gasteiger partial charge in [-0.1, -0.05) is 11.6 Å². The molecule has 1 heterocycles. The van der Waals surface area contributed by atoms with Crippen molar-refractivity contribution in [3.63, 3.8) is 0 Å². The molecule has 1 aliphatic heterocycles. The first-order valence-corrected chi connectivity index (χ1v) is 9.37. The third kappa shape index (κ3) is 5.71. The second kappa shape index (κ2) is 10.8. The Morgan fingerprint density at radius 3 is 2.62 bits per heavy atom. The van der Waals surface area contributed by atoms with E-state index in [0.717, 1.165) is 16.7 Å². The fraction of sp³-hybridized carbons (Fsp3) is 0.524. The number of carbonyl (C=O) groups excluding carboxylic acids is 1. The van der Waals surface area contributed by atoms with Gasteiger partial charge in [0, 0.05) is 24.7 Å². The number of carboxylic acid groups (broad SMARTS) is 1. The molecule has 0 saturated carbocycles. The van der Waals surface area contributed by atoms with Crippen molar-refractivity contribution < 1.29 is 38.4 Å². The minimum Gasteiger partial charge on any atom is -0.496 e. The highest BCUT2D eigenvalue weighted by Gasteiger charge is 2.33. The number of fused-ring (bicyclic) bond motifs is 1. The summed E-state index contributed by atoms with van der Waals surface area (Å²) in [5.41, 5.74) is 3.59. The molecule has 0 unspecified atom stereocenters. The van der Waals surface area contributed by atoms with E-state index in [2.05, 4.69) is 0 Å². The Hall–Kier alpha value is -2.58. The van der Waals surface area contributed by atoms with Crippen molar-refractivity contribution in [2.45, 2.75) is 39.7 Å². The molecule has 0 spiro atoms. The van der Waals surface area contributed by atoms with Crippen LogP contribution in [0.3, 0.4) is 0 Å². The number of hydrogen-bond acceptors (Lipinski definition) is 7. The summed E-state index contributed by atoms with van der Waals surface area (Å²) in [6, 6.07) is 0. The number of benzene rings is 1. The molecule has 2 rings (SSSR count). The molecule has 0 amide bonds. The molecule has 8 heteroatoms. The number of cyclic esters (lactones) is 1. The second-order valence-corrected chi connectivity index (χ2v) is 6.71. The number of methoxy groups -OCH3 is 2. The predicted molar refractivity (Wildman–Crippen MR) is 105 cm³/mol. The lowest BCUT2D eigenvalue weighted by Gasteiger charge is -2.19. The van der Waals surface area contributed by atoms with Gasteiger partial charge in [0.1, 0.15) is 23.7 Å². The van der Waals surface area contributed by atoms with Crippen LogP contribution in [-0.4, -0.2) is 51.3 Å². The molecule has 0 fully saturated rings. The summed E-state index contributed by atoms with van der Waals surface area (Å²) >= 11 is 0. The van der Waals surface area contributed by atoms with E-state index < -0.39 is 11.9 Å². The lowest BCUT2D eigenvalue weighted by atomic mass is 9.94. The number of allylic oxidation sites excluding steroid dienone is 2. The Balaban J connectivity index is 2.36. The lowest BCUT2D eigenvalue weighted by Crippen LogP contribution is -2.13. The number of esters is 1. The number of carboxylic acids is 1. The predicted octanol–water partition coefficient (Wildman–Crippen LogP) is 3.03. The smallest absolute Gasteiger partial charge is 0.342 e. The van der Waals surface area contributed by atoms with Crippen molar-refractivity contribution in [3.8, 4) is 11.5 Å². The quantitative estimate of drug-likeness (QED) is 0.244. The molecule has 0 atom stereocenters. The van der Waals surface area contributed by atoms with Crippen LogP contribution in [0.5, 0.6) is 11.5 Å². The van der Waals surface area contributed by atoms with Gasteiger partial charge in [-0.3, -0.25) is 4.79 Å². The van der Waals surface area contributed by atoms with Gasteiger partial charge in [-0.05, 0) is 32.3 Å². The summed E-state index contributed by atoms with van der Waals surface area (Å²) in [4.78, 5) is 23.1. The highest BCUT2D eigenvalue weighted by atomic mass is 16.7. The summed E-state index contributed by atoms with van der Waals surface area (Å²) in [7, 11) is 3.14. The van der Waals surface area contributed by atoms with Crippen LogP contribution in [0.2, 0.25) is 0 Å². The first-order valence-electron chi connectivity index (χ1n) is 9.37. The number of aliphatic carboxylic acids is 1. The first kappa shape index (κ1) is 22.7. The van der Waals surface area contributed by atoms with Gasteiger partial charge in [-0.25, -0.2) is 4.79 Å². The van der Waals surface area contributed by atoms with E-state index in [1.807, 2.05) is 19.9 Å². The molecule has 160 valence electrons. The topological polar surface area (TPSA) is 101 Å². The van der Waals surface area contributed by atoms with Gasteiger partial charge in [0.2, 0.25) is 0 Å². The van der Waals surface area contributed by atoms with Gasteiger partial charge >= 0.3 is 11.9 Å². The molecule has 0 radical (unpaired) electrons. The van der Waals surface area contributed by atoms with Crippen molar-refractivity contribution >= 4 is 11.9 Å². The van der Waals surface area contributed by atoms with Crippen LogP contribution >= 0.6 is 0 Å². The first-order chi connectivity index (χ1) is 13.9. The van der Waals surface area contributed by atoms with Crippen molar-refractivity contribution in [1.82, 2.24) is 0 Å². The van der Waals surface area contributed by atoms with Crippen molar-refractivity contribution in [3.05, 3.63) is 33.9 Å². The fourth-order valence-corrected chi connectivity index (χ4v) is 3.15. The molecule has 0 aliphatic carbocycles. The molecule has 0 saturated heterocycles. The molecule has 0 bridgehead atoms. The van der Waals surface area contributed by atoms with Crippen LogP contribution in [0, 0.1) is 6.92 Å². The van der Waals surface area contributed by atoms with Crippen LogP contribution < -0.4 is 9.47 Å². The normalized spacial score (nSPS) is 13.2. The highest BCUT2D eigenvalue weighted by molar-refractivity contribution is 5.98. The molecular formula is C21H28O8. The molecule has 29 heavy (non-hydrogen) atoms. The molecule has 1 aromatic carbocycles.